The van der Waals surface area contributed by atoms with Gasteiger partial charge in [-0.3, -0.25) is 9.69 Å². The standard InChI is InChI=1S/C26H32N4O3/c1-18-24(19(2)33-28-18)20-9-10-23-22(17-20)26(25(32)27-23,21-7-4-3-5-8-21)30-14-12-29(13-15-30)11-6-16-31/h3-5,7-10,22,31H,6,11-17H2,1-2H3,(H,27,32). The summed E-state index contributed by atoms with van der Waals surface area (Å²) in [6.07, 6.45) is 5.69. The van der Waals surface area contributed by atoms with E-state index >= 15 is 0 Å². The molecule has 7 nitrogen and oxygen atoms in total. The predicted octanol–water partition coefficient (Wildman–Crippen LogP) is 2.60. The first-order valence-electron chi connectivity index (χ1n) is 11.8. The lowest BCUT2D eigenvalue weighted by Crippen LogP contribution is -2.60. The van der Waals surface area contributed by atoms with Crippen LogP contribution in [0.4, 0.5) is 0 Å². The Labute approximate surface area is 194 Å². The SMILES string of the molecule is Cc1noc(C)c1C1=CC=C2NC(=O)C(c3ccccc3)(N3CCN(CCCO)CC3)C2C1. The quantitative estimate of drug-likeness (QED) is 0.707. The molecule has 1 aromatic heterocycles. The average Bonchev–Trinajstić information content (AvgIpc) is 3.33. The molecule has 2 unspecified atom stereocenters. The van der Waals surface area contributed by atoms with Gasteiger partial charge in [-0.2, -0.15) is 0 Å². The maximum atomic E-state index is 13.8. The van der Waals surface area contributed by atoms with E-state index < -0.39 is 5.54 Å². The van der Waals surface area contributed by atoms with Crippen LogP contribution in [0.2, 0.25) is 0 Å². The van der Waals surface area contributed by atoms with E-state index in [1.165, 1.54) is 5.57 Å². The molecule has 1 aliphatic carbocycles. The minimum Gasteiger partial charge on any atom is -0.396 e. The first kappa shape index (κ1) is 22.1. The minimum absolute atomic E-state index is 0.00917. The maximum absolute atomic E-state index is 13.8. The van der Waals surface area contributed by atoms with E-state index in [2.05, 4.69) is 44.6 Å². The van der Waals surface area contributed by atoms with E-state index in [-0.39, 0.29) is 18.4 Å². The fourth-order valence-electron chi connectivity index (χ4n) is 5.91. The Hall–Kier alpha value is -2.74. The lowest BCUT2D eigenvalue weighted by Gasteiger charge is -2.47. The molecular formula is C26H32N4O3. The number of aliphatic hydroxyl groups excluding tert-OH is 1. The minimum atomic E-state index is -0.755. The van der Waals surface area contributed by atoms with Gasteiger partial charge in [-0.25, -0.2) is 0 Å². The van der Waals surface area contributed by atoms with Gasteiger partial charge in [-0.15, -0.1) is 0 Å². The molecule has 0 bridgehead atoms. The van der Waals surface area contributed by atoms with Gasteiger partial charge in [-0.1, -0.05) is 41.6 Å². The summed E-state index contributed by atoms with van der Waals surface area (Å²) in [5, 5.41) is 16.6. The molecule has 174 valence electrons. The second-order valence-corrected chi connectivity index (χ2v) is 9.26. The lowest BCUT2D eigenvalue weighted by molar-refractivity contribution is -0.134. The third kappa shape index (κ3) is 3.64. The molecular weight excluding hydrogens is 416 g/mol. The van der Waals surface area contributed by atoms with E-state index in [4.69, 9.17) is 4.52 Å². The number of amides is 1. The number of nitrogens with one attached hydrogen (secondary N) is 1. The van der Waals surface area contributed by atoms with Gasteiger partial charge in [0.25, 0.3) is 0 Å². The van der Waals surface area contributed by atoms with Crippen molar-refractivity contribution >= 4 is 11.5 Å². The summed E-state index contributed by atoms with van der Waals surface area (Å²) in [6.45, 7) is 8.42. The van der Waals surface area contributed by atoms with Crippen molar-refractivity contribution < 1.29 is 14.4 Å². The van der Waals surface area contributed by atoms with Gasteiger partial charge < -0.3 is 19.8 Å². The third-order valence-corrected chi connectivity index (χ3v) is 7.44. The van der Waals surface area contributed by atoms with Crippen LogP contribution < -0.4 is 5.32 Å². The first-order valence-corrected chi connectivity index (χ1v) is 11.8. The maximum Gasteiger partial charge on any atom is 0.249 e. The van der Waals surface area contributed by atoms with Crippen molar-refractivity contribution in [3.8, 4) is 0 Å². The highest BCUT2D eigenvalue weighted by molar-refractivity contribution is 5.94. The van der Waals surface area contributed by atoms with Crippen LogP contribution in [0.15, 0.2) is 52.7 Å². The average molecular weight is 449 g/mol. The van der Waals surface area contributed by atoms with Crippen LogP contribution in [0.3, 0.4) is 0 Å². The second-order valence-electron chi connectivity index (χ2n) is 9.26. The highest BCUT2D eigenvalue weighted by Gasteiger charge is 2.58. The first-order chi connectivity index (χ1) is 16.1. The summed E-state index contributed by atoms with van der Waals surface area (Å²) >= 11 is 0. The second kappa shape index (κ2) is 8.89. The van der Waals surface area contributed by atoms with Crippen molar-refractivity contribution in [2.45, 2.75) is 32.2 Å². The van der Waals surface area contributed by atoms with Crippen LogP contribution in [0.25, 0.3) is 5.57 Å². The summed E-state index contributed by atoms with van der Waals surface area (Å²) < 4.78 is 5.45. The lowest BCUT2D eigenvalue weighted by atomic mass is 9.72. The van der Waals surface area contributed by atoms with Crippen LogP contribution in [-0.4, -0.2) is 65.3 Å². The number of hydrogen-bond acceptors (Lipinski definition) is 6. The molecule has 2 atom stereocenters. The van der Waals surface area contributed by atoms with E-state index in [0.29, 0.717) is 0 Å². The molecule has 2 fully saturated rings. The van der Waals surface area contributed by atoms with E-state index in [9.17, 15) is 9.90 Å². The number of benzene rings is 1. The van der Waals surface area contributed by atoms with Crippen molar-refractivity contribution in [2.24, 2.45) is 5.92 Å². The monoisotopic (exact) mass is 448 g/mol. The molecule has 3 heterocycles. The largest absolute Gasteiger partial charge is 0.396 e. The summed E-state index contributed by atoms with van der Waals surface area (Å²) in [7, 11) is 0. The van der Waals surface area contributed by atoms with Gasteiger partial charge >= 0.3 is 0 Å². The summed E-state index contributed by atoms with van der Waals surface area (Å²) in [5.41, 5.74) is 4.38. The van der Waals surface area contributed by atoms with Gasteiger partial charge in [0.1, 0.15) is 11.3 Å². The normalized spacial score (nSPS) is 26.0. The van der Waals surface area contributed by atoms with Crippen LogP contribution in [0, 0.1) is 19.8 Å². The Morgan fingerprint density at radius 3 is 2.58 bits per heavy atom. The molecule has 1 aromatic carbocycles. The van der Waals surface area contributed by atoms with Crippen molar-refractivity contribution in [2.75, 3.05) is 39.3 Å². The number of carbonyl (C=O) groups excluding carboxylic acids is 1. The highest BCUT2D eigenvalue weighted by atomic mass is 16.5. The van der Waals surface area contributed by atoms with Crippen LogP contribution in [0.5, 0.6) is 0 Å². The number of hydrogen-bond donors (Lipinski definition) is 2. The molecule has 2 aliphatic heterocycles. The molecule has 2 N–H and O–H groups in total. The van der Waals surface area contributed by atoms with Gasteiger partial charge in [0.2, 0.25) is 5.91 Å². The van der Waals surface area contributed by atoms with E-state index in [1.54, 1.807) is 0 Å². The molecule has 33 heavy (non-hydrogen) atoms. The van der Waals surface area contributed by atoms with E-state index in [0.717, 1.165) is 73.8 Å². The Morgan fingerprint density at radius 1 is 1.15 bits per heavy atom. The Kier molecular flexibility index (Phi) is 5.95. The van der Waals surface area contributed by atoms with Crippen LogP contribution in [-0.2, 0) is 10.3 Å². The summed E-state index contributed by atoms with van der Waals surface area (Å²) in [4.78, 5) is 18.6. The predicted molar refractivity (Wildman–Crippen MR) is 126 cm³/mol. The summed E-state index contributed by atoms with van der Waals surface area (Å²) in [6, 6.07) is 10.2. The molecule has 2 saturated heterocycles. The molecule has 5 rings (SSSR count). The number of rotatable bonds is 6. The third-order valence-electron chi connectivity index (χ3n) is 7.44. The Morgan fingerprint density at radius 2 is 1.91 bits per heavy atom. The zero-order chi connectivity index (χ0) is 23.0. The Bertz CT molecular complexity index is 1060. The molecule has 0 saturated carbocycles. The number of aromatic nitrogens is 1. The zero-order valence-electron chi connectivity index (χ0n) is 19.4. The number of nitrogens with zero attached hydrogens (tertiary/aromatic N) is 3. The Balaban J connectivity index is 1.52. The van der Waals surface area contributed by atoms with Crippen LogP contribution in [0.1, 0.15) is 35.4 Å². The van der Waals surface area contributed by atoms with Gasteiger partial charge in [0.15, 0.2) is 0 Å². The number of aliphatic hydroxyl groups is 1. The smallest absolute Gasteiger partial charge is 0.249 e. The molecule has 7 heteroatoms. The molecule has 1 amide bonds. The molecule has 0 radical (unpaired) electrons. The number of fused-ring (bicyclic) bond motifs is 1. The van der Waals surface area contributed by atoms with Crippen molar-refractivity contribution in [1.29, 1.82) is 0 Å². The van der Waals surface area contributed by atoms with Crippen molar-refractivity contribution in [3.63, 3.8) is 0 Å². The number of allylic oxidation sites excluding steroid dienone is 3. The number of carbonyl (C=O) groups is 1. The van der Waals surface area contributed by atoms with E-state index in [1.807, 2.05) is 32.0 Å². The van der Waals surface area contributed by atoms with Gasteiger partial charge in [0, 0.05) is 56.5 Å². The number of piperazine rings is 1. The molecule has 2 aromatic rings. The van der Waals surface area contributed by atoms with Crippen molar-refractivity contribution in [1.82, 2.24) is 20.3 Å². The van der Waals surface area contributed by atoms with Gasteiger partial charge in [-0.05, 0) is 43.9 Å². The van der Waals surface area contributed by atoms with Crippen molar-refractivity contribution in [3.05, 3.63) is 70.8 Å². The molecule has 0 spiro atoms. The van der Waals surface area contributed by atoms with Gasteiger partial charge in [0.05, 0.1) is 5.69 Å². The zero-order valence-corrected chi connectivity index (χ0v) is 19.4. The fraction of sp³-hybridized carbons (Fsp3) is 0.462. The highest BCUT2D eigenvalue weighted by Crippen LogP contribution is 2.50. The topological polar surface area (TPSA) is 81.8 Å². The number of aryl methyl sites for hydroxylation is 2. The van der Waals surface area contributed by atoms with Crippen LogP contribution >= 0.6 is 0 Å². The summed E-state index contributed by atoms with van der Waals surface area (Å²) in [5.74, 6) is 0.864. The molecule has 3 aliphatic rings. The fourth-order valence-corrected chi connectivity index (χ4v) is 5.91.